The Morgan fingerprint density at radius 3 is 2.89 bits per heavy atom. The Balaban J connectivity index is 2.35. The molecule has 1 N–H and O–H groups in total. The SMILES string of the molecule is CCOC(=O)CNC(=O)N(C)Cc1cccnc1. The summed E-state index contributed by atoms with van der Waals surface area (Å²) in [5, 5.41) is 2.48. The summed E-state index contributed by atoms with van der Waals surface area (Å²) in [6, 6.07) is 3.36. The van der Waals surface area contributed by atoms with E-state index in [1.165, 1.54) is 4.90 Å². The van der Waals surface area contributed by atoms with Crippen LogP contribution in [-0.4, -0.2) is 42.1 Å². The van der Waals surface area contributed by atoms with E-state index >= 15 is 0 Å². The number of aromatic nitrogens is 1. The Morgan fingerprint density at radius 2 is 2.28 bits per heavy atom. The van der Waals surface area contributed by atoms with Crippen molar-refractivity contribution < 1.29 is 14.3 Å². The van der Waals surface area contributed by atoms with Gasteiger partial charge in [0.2, 0.25) is 0 Å². The highest BCUT2D eigenvalue weighted by molar-refractivity contribution is 5.80. The van der Waals surface area contributed by atoms with E-state index in [1.807, 2.05) is 6.07 Å². The van der Waals surface area contributed by atoms with E-state index in [2.05, 4.69) is 10.3 Å². The van der Waals surface area contributed by atoms with Crippen molar-refractivity contribution in [1.29, 1.82) is 0 Å². The Labute approximate surface area is 106 Å². The molecule has 6 nitrogen and oxygen atoms in total. The summed E-state index contributed by atoms with van der Waals surface area (Å²) in [6.45, 7) is 2.33. The average molecular weight is 251 g/mol. The Morgan fingerprint density at radius 1 is 1.50 bits per heavy atom. The second kappa shape index (κ2) is 7.26. The fourth-order valence-corrected chi connectivity index (χ4v) is 1.33. The molecule has 1 heterocycles. The predicted octanol–water partition coefficient (Wildman–Crippen LogP) is 0.786. The number of esters is 1. The fraction of sp³-hybridized carbons (Fsp3) is 0.417. The molecule has 0 aromatic carbocycles. The van der Waals surface area contributed by atoms with Gasteiger partial charge in [-0.25, -0.2) is 4.79 Å². The first kappa shape index (κ1) is 14.0. The fourth-order valence-electron chi connectivity index (χ4n) is 1.33. The largest absolute Gasteiger partial charge is 0.465 e. The summed E-state index contributed by atoms with van der Waals surface area (Å²) in [7, 11) is 1.65. The minimum Gasteiger partial charge on any atom is -0.465 e. The van der Waals surface area contributed by atoms with Gasteiger partial charge >= 0.3 is 12.0 Å². The lowest BCUT2D eigenvalue weighted by atomic mass is 10.3. The summed E-state index contributed by atoms with van der Waals surface area (Å²) >= 11 is 0. The van der Waals surface area contributed by atoms with Crippen molar-refractivity contribution in [2.24, 2.45) is 0 Å². The number of urea groups is 1. The molecule has 0 saturated heterocycles. The van der Waals surface area contributed by atoms with Crippen LogP contribution in [0.3, 0.4) is 0 Å². The van der Waals surface area contributed by atoms with Crippen LogP contribution < -0.4 is 5.32 Å². The molecule has 6 heteroatoms. The number of rotatable bonds is 5. The molecule has 0 aliphatic carbocycles. The third-order valence-electron chi connectivity index (χ3n) is 2.18. The maximum absolute atomic E-state index is 11.6. The number of nitrogens with one attached hydrogen (secondary N) is 1. The Bertz CT molecular complexity index is 395. The molecule has 98 valence electrons. The van der Waals surface area contributed by atoms with Gasteiger partial charge in [0.25, 0.3) is 0 Å². The zero-order valence-corrected chi connectivity index (χ0v) is 10.5. The molecular formula is C12H17N3O3. The smallest absolute Gasteiger partial charge is 0.325 e. The molecule has 18 heavy (non-hydrogen) atoms. The minimum atomic E-state index is -0.444. The number of ether oxygens (including phenoxy) is 1. The first-order chi connectivity index (χ1) is 8.63. The highest BCUT2D eigenvalue weighted by atomic mass is 16.5. The number of hydrogen-bond donors (Lipinski definition) is 1. The molecule has 0 unspecified atom stereocenters. The molecule has 0 radical (unpaired) electrons. The number of amides is 2. The van der Waals surface area contributed by atoms with E-state index < -0.39 is 5.97 Å². The van der Waals surface area contributed by atoms with Crippen LogP contribution in [-0.2, 0) is 16.1 Å². The lowest BCUT2D eigenvalue weighted by molar-refractivity contribution is -0.141. The molecule has 1 rings (SSSR count). The topological polar surface area (TPSA) is 71.5 Å². The molecule has 0 aliphatic rings. The van der Waals surface area contributed by atoms with Gasteiger partial charge in [0.15, 0.2) is 0 Å². The van der Waals surface area contributed by atoms with Gasteiger partial charge in [-0.1, -0.05) is 6.07 Å². The molecule has 1 aromatic rings. The van der Waals surface area contributed by atoms with Crippen LogP contribution in [0.5, 0.6) is 0 Å². The lowest BCUT2D eigenvalue weighted by Crippen LogP contribution is -2.39. The van der Waals surface area contributed by atoms with Gasteiger partial charge in [0.05, 0.1) is 6.61 Å². The molecule has 0 atom stereocenters. The summed E-state index contributed by atoms with van der Waals surface area (Å²) in [5.41, 5.74) is 0.922. The van der Waals surface area contributed by atoms with Crippen LogP contribution in [0.1, 0.15) is 12.5 Å². The first-order valence-corrected chi connectivity index (χ1v) is 5.67. The molecule has 0 spiro atoms. The summed E-state index contributed by atoms with van der Waals surface area (Å²) in [4.78, 5) is 28.1. The predicted molar refractivity (Wildman–Crippen MR) is 65.7 cm³/mol. The monoisotopic (exact) mass is 251 g/mol. The third-order valence-corrected chi connectivity index (χ3v) is 2.18. The van der Waals surface area contributed by atoms with Crippen molar-refractivity contribution in [3.63, 3.8) is 0 Å². The average Bonchev–Trinajstić information content (AvgIpc) is 2.37. The van der Waals surface area contributed by atoms with E-state index in [0.29, 0.717) is 13.2 Å². The van der Waals surface area contributed by atoms with Gasteiger partial charge in [0.1, 0.15) is 6.54 Å². The van der Waals surface area contributed by atoms with Crippen LogP contribution in [0.15, 0.2) is 24.5 Å². The quantitative estimate of drug-likeness (QED) is 0.785. The van der Waals surface area contributed by atoms with Crippen LogP contribution in [0.2, 0.25) is 0 Å². The molecule has 0 bridgehead atoms. The zero-order valence-electron chi connectivity index (χ0n) is 10.5. The molecular weight excluding hydrogens is 234 g/mol. The zero-order chi connectivity index (χ0) is 13.4. The van der Waals surface area contributed by atoms with Gasteiger partial charge in [-0.05, 0) is 18.6 Å². The number of nitrogens with zero attached hydrogens (tertiary/aromatic N) is 2. The number of pyridine rings is 1. The molecule has 2 amide bonds. The van der Waals surface area contributed by atoms with E-state index in [4.69, 9.17) is 4.74 Å². The second-order valence-corrected chi connectivity index (χ2v) is 3.68. The van der Waals surface area contributed by atoms with Crippen molar-refractivity contribution in [3.8, 4) is 0 Å². The van der Waals surface area contributed by atoms with Crippen LogP contribution in [0.4, 0.5) is 4.79 Å². The van der Waals surface area contributed by atoms with E-state index in [-0.39, 0.29) is 12.6 Å². The first-order valence-electron chi connectivity index (χ1n) is 5.67. The van der Waals surface area contributed by atoms with E-state index in [9.17, 15) is 9.59 Å². The van der Waals surface area contributed by atoms with Crippen molar-refractivity contribution in [2.45, 2.75) is 13.5 Å². The highest BCUT2D eigenvalue weighted by Gasteiger charge is 2.10. The molecule has 0 fully saturated rings. The van der Waals surface area contributed by atoms with Crippen molar-refractivity contribution in [2.75, 3.05) is 20.2 Å². The van der Waals surface area contributed by atoms with Crippen molar-refractivity contribution in [1.82, 2.24) is 15.2 Å². The molecule has 0 aliphatic heterocycles. The summed E-state index contributed by atoms with van der Waals surface area (Å²) in [6.07, 6.45) is 3.36. The normalized spacial score (nSPS) is 9.67. The Kier molecular flexibility index (Phi) is 5.63. The maximum atomic E-state index is 11.6. The maximum Gasteiger partial charge on any atom is 0.325 e. The second-order valence-electron chi connectivity index (χ2n) is 3.68. The number of hydrogen-bond acceptors (Lipinski definition) is 4. The third kappa shape index (κ3) is 4.82. The van der Waals surface area contributed by atoms with Gasteiger partial charge in [-0.2, -0.15) is 0 Å². The minimum absolute atomic E-state index is 0.121. The van der Waals surface area contributed by atoms with Gasteiger partial charge < -0.3 is 15.0 Å². The van der Waals surface area contributed by atoms with Crippen molar-refractivity contribution in [3.05, 3.63) is 30.1 Å². The Hall–Kier alpha value is -2.11. The van der Waals surface area contributed by atoms with E-state index in [0.717, 1.165) is 5.56 Å². The highest BCUT2D eigenvalue weighted by Crippen LogP contribution is 2.00. The van der Waals surface area contributed by atoms with E-state index in [1.54, 1.807) is 32.4 Å². The number of carbonyl (C=O) groups is 2. The summed E-state index contributed by atoms with van der Waals surface area (Å²) in [5.74, 6) is -0.444. The van der Waals surface area contributed by atoms with Crippen LogP contribution in [0, 0.1) is 0 Å². The van der Waals surface area contributed by atoms with Gasteiger partial charge in [0, 0.05) is 26.0 Å². The molecule has 0 saturated carbocycles. The standard InChI is InChI=1S/C12H17N3O3/c1-3-18-11(16)8-14-12(17)15(2)9-10-5-4-6-13-7-10/h4-7H,3,8-9H2,1-2H3,(H,14,17). The van der Waals surface area contributed by atoms with Crippen LogP contribution in [0.25, 0.3) is 0 Å². The van der Waals surface area contributed by atoms with Crippen LogP contribution >= 0.6 is 0 Å². The lowest BCUT2D eigenvalue weighted by Gasteiger charge is -2.17. The number of carbonyl (C=O) groups excluding carboxylic acids is 2. The summed E-state index contributed by atoms with van der Waals surface area (Å²) < 4.78 is 4.71. The van der Waals surface area contributed by atoms with Gasteiger partial charge in [-0.15, -0.1) is 0 Å². The van der Waals surface area contributed by atoms with Crippen molar-refractivity contribution >= 4 is 12.0 Å². The van der Waals surface area contributed by atoms with Gasteiger partial charge in [-0.3, -0.25) is 9.78 Å². The molecule has 1 aromatic heterocycles.